The van der Waals surface area contributed by atoms with Crippen LogP contribution in [0.3, 0.4) is 0 Å². The number of thioether (sulfide) groups is 1. The number of nitrogens with zero attached hydrogens (tertiary/aromatic N) is 1. The van der Waals surface area contributed by atoms with Crippen LogP contribution in [0.25, 0.3) is 0 Å². The maximum absolute atomic E-state index is 12.7. The summed E-state index contributed by atoms with van der Waals surface area (Å²) in [6.45, 7) is 2.42. The average Bonchev–Trinajstić information content (AvgIpc) is 3.31. The molecular formula is C22H24N2O4S. The van der Waals surface area contributed by atoms with Gasteiger partial charge in [-0.2, -0.15) is 0 Å². The van der Waals surface area contributed by atoms with Crippen LogP contribution >= 0.6 is 11.8 Å². The average molecular weight is 413 g/mol. The monoisotopic (exact) mass is 412 g/mol. The molecule has 2 aromatic rings. The summed E-state index contributed by atoms with van der Waals surface area (Å²) in [5, 5.41) is 2.93. The molecule has 0 radical (unpaired) electrons. The summed E-state index contributed by atoms with van der Waals surface area (Å²) < 4.78 is 11.6. The fourth-order valence-corrected chi connectivity index (χ4v) is 4.40. The number of fused-ring (bicyclic) bond motifs is 1. The largest absolute Gasteiger partial charge is 0.486 e. The van der Waals surface area contributed by atoms with Crippen molar-refractivity contribution in [3.05, 3.63) is 54.1 Å². The third kappa shape index (κ3) is 4.85. The molecule has 29 heavy (non-hydrogen) atoms. The predicted molar refractivity (Wildman–Crippen MR) is 112 cm³/mol. The summed E-state index contributed by atoms with van der Waals surface area (Å²) in [5.41, 5.74) is 0.573. The Kier molecular flexibility index (Phi) is 6.24. The van der Waals surface area contributed by atoms with Crippen LogP contribution < -0.4 is 14.8 Å². The number of carbonyl (C=O) groups excluding carboxylic acids is 2. The lowest BCUT2D eigenvalue weighted by molar-refractivity contribution is -0.127. The van der Waals surface area contributed by atoms with Crippen LogP contribution in [0.5, 0.6) is 11.5 Å². The summed E-state index contributed by atoms with van der Waals surface area (Å²) >= 11 is 1.41. The molecular weight excluding hydrogens is 388 g/mol. The number of para-hydroxylation sites is 2. The van der Waals surface area contributed by atoms with E-state index in [4.69, 9.17) is 9.47 Å². The number of carbonyl (C=O) groups is 2. The van der Waals surface area contributed by atoms with E-state index in [9.17, 15) is 9.59 Å². The Bertz CT molecular complexity index is 883. The minimum absolute atomic E-state index is 0.133. The van der Waals surface area contributed by atoms with Crippen molar-refractivity contribution in [1.29, 1.82) is 0 Å². The Hall–Kier alpha value is -2.67. The highest BCUT2D eigenvalue weighted by atomic mass is 32.2. The molecule has 0 unspecified atom stereocenters. The van der Waals surface area contributed by atoms with Crippen LogP contribution in [0, 0.1) is 0 Å². The van der Waals surface area contributed by atoms with Crippen molar-refractivity contribution >= 4 is 23.6 Å². The Morgan fingerprint density at radius 2 is 1.76 bits per heavy atom. The molecule has 2 aliphatic heterocycles. The van der Waals surface area contributed by atoms with Gasteiger partial charge in [0.05, 0.1) is 17.9 Å². The molecule has 2 heterocycles. The standard InChI is InChI=1S/C22H24N2O4S/c25-21(24-11-5-6-12-24)15-29-20-10-4-1-7-17(20)22(26)23-13-16-14-27-18-8-2-3-9-19(18)28-16/h1-4,7-10,16H,5-6,11-15H2,(H,23,26)/t16-/m1/s1. The molecule has 2 aliphatic rings. The Morgan fingerprint density at radius 1 is 1.03 bits per heavy atom. The summed E-state index contributed by atoms with van der Waals surface area (Å²) in [7, 11) is 0. The van der Waals surface area contributed by atoms with Gasteiger partial charge in [-0.15, -0.1) is 11.8 Å². The first kappa shape index (κ1) is 19.6. The smallest absolute Gasteiger partial charge is 0.252 e. The van der Waals surface area contributed by atoms with Crippen LogP contribution in [0.1, 0.15) is 23.2 Å². The second-order valence-corrected chi connectivity index (χ2v) is 8.10. The van der Waals surface area contributed by atoms with E-state index in [2.05, 4.69) is 5.32 Å². The third-order valence-electron chi connectivity index (χ3n) is 5.00. The molecule has 1 N–H and O–H groups in total. The second kappa shape index (κ2) is 9.22. The molecule has 2 aromatic carbocycles. The van der Waals surface area contributed by atoms with Crippen LogP contribution in [0.2, 0.25) is 0 Å². The third-order valence-corrected chi connectivity index (χ3v) is 6.06. The number of amides is 2. The van der Waals surface area contributed by atoms with E-state index in [1.807, 2.05) is 47.4 Å². The minimum atomic E-state index is -0.245. The Labute approximate surface area is 174 Å². The first-order valence-corrected chi connectivity index (χ1v) is 10.9. The van der Waals surface area contributed by atoms with Gasteiger partial charge in [-0.25, -0.2) is 0 Å². The van der Waals surface area contributed by atoms with Crippen molar-refractivity contribution < 1.29 is 19.1 Å². The van der Waals surface area contributed by atoms with Gasteiger partial charge in [0.1, 0.15) is 12.7 Å². The van der Waals surface area contributed by atoms with Crippen molar-refractivity contribution in [2.75, 3.05) is 32.0 Å². The Morgan fingerprint density at radius 3 is 2.59 bits per heavy atom. The molecule has 0 spiro atoms. The molecule has 4 rings (SSSR count). The van der Waals surface area contributed by atoms with Gasteiger partial charge in [-0.3, -0.25) is 9.59 Å². The van der Waals surface area contributed by atoms with Crippen LogP contribution in [0.4, 0.5) is 0 Å². The highest BCUT2D eigenvalue weighted by molar-refractivity contribution is 8.00. The van der Waals surface area contributed by atoms with Crippen LogP contribution in [-0.4, -0.2) is 54.8 Å². The summed E-state index contributed by atoms with van der Waals surface area (Å²) in [5.74, 6) is 1.72. The number of rotatable bonds is 6. The fourth-order valence-electron chi connectivity index (χ4n) is 3.44. The molecule has 1 saturated heterocycles. The summed E-state index contributed by atoms with van der Waals surface area (Å²) in [6.07, 6.45) is 1.91. The van der Waals surface area contributed by atoms with Crippen LogP contribution in [0.15, 0.2) is 53.4 Å². The van der Waals surface area contributed by atoms with Crippen molar-refractivity contribution in [1.82, 2.24) is 10.2 Å². The van der Waals surface area contributed by atoms with Gasteiger partial charge in [0.2, 0.25) is 5.91 Å². The van der Waals surface area contributed by atoms with E-state index < -0.39 is 0 Å². The molecule has 7 heteroatoms. The normalized spacial score (nSPS) is 17.8. The second-order valence-electron chi connectivity index (χ2n) is 7.08. The van der Waals surface area contributed by atoms with E-state index in [0.29, 0.717) is 30.2 Å². The zero-order chi connectivity index (χ0) is 20.1. The number of hydrogen-bond acceptors (Lipinski definition) is 5. The summed E-state index contributed by atoms with van der Waals surface area (Å²) in [6, 6.07) is 14.9. The lowest BCUT2D eigenvalue weighted by Gasteiger charge is -2.26. The fraction of sp³-hybridized carbons (Fsp3) is 0.364. The molecule has 1 fully saturated rings. The Balaban J connectivity index is 1.32. The lowest BCUT2D eigenvalue weighted by Crippen LogP contribution is -2.40. The van der Waals surface area contributed by atoms with Crippen molar-refractivity contribution in [2.24, 2.45) is 0 Å². The molecule has 2 amide bonds. The van der Waals surface area contributed by atoms with E-state index >= 15 is 0 Å². The number of nitrogens with one attached hydrogen (secondary N) is 1. The van der Waals surface area contributed by atoms with Crippen LogP contribution in [-0.2, 0) is 4.79 Å². The number of hydrogen-bond donors (Lipinski definition) is 1. The van der Waals surface area contributed by atoms with Gasteiger partial charge < -0.3 is 19.7 Å². The van der Waals surface area contributed by atoms with Gasteiger partial charge in [-0.05, 0) is 37.1 Å². The molecule has 0 saturated carbocycles. The van der Waals surface area contributed by atoms with E-state index in [1.54, 1.807) is 6.07 Å². The molecule has 0 bridgehead atoms. The van der Waals surface area contributed by atoms with E-state index in [-0.39, 0.29) is 17.9 Å². The first-order valence-electron chi connectivity index (χ1n) is 9.87. The van der Waals surface area contributed by atoms with Gasteiger partial charge in [0.15, 0.2) is 11.5 Å². The first-order chi connectivity index (χ1) is 14.2. The zero-order valence-electron chi connectivity index (χ0n) is 16.1. The quantitative estimate of drug-likeness (QED) is 0.739. The zero-order valence-corrected chi connectivity index (χ0v) is 17.0. The van der Waals surface area contributed by atoms with Gasteiger partial charge in [-0.1, -0.05) is 24.3 Å². The highest BCUT2D eigenvalue weighted by Gasteiger charge is 2.22. The number of ether oxygens (including phenoxy) is 2. The van der Waals surface area contributed by atoms with Gasteiger partial charge in [0, 0.05) is 18.0 Å². The SMILES string of the molecule is O=C(NC[C@@H]1COc2ccccc2O1)c1ccccc1SCC(=O)N1CCCC1. The molecule has 0 aliphatic carbocycles. The number of benzene rings is 2. The summed E-state index contributed by atoms with van der Waals surface area (Å²) in [4.78, 5) is 27.8. The highest BCUT2D eigenvalue weighted by Crippen LogP contribution is 2.30. The molecule has 6 nitrogen and oxygen atoms in total. The van der Waals surface area contributed by atoms with Crippen molar-refractivity contribution in [3.63, 3.8) is 0 Å². The van der Waals surface area contributed by atoms with E-state index in [1.165, 1.54) is 11.8 Å². The minimum Gasteiger partial charge on any atom is -0.486 e. The van der Waals surface area contributed by atoms with Gasteiger partial charge in [0.25, 0.3) is 5.91 Å². The maximum atomic E-state index is 12.7. The topological polar surface area (TPSA) is 67.9 Å². The van der Waals surface area contributed by atoms with E-state index in [0.717, 1.165) is 36.6 Å². The van der Waals surface area contributed by atoms with Crippen molar-refractivity contribution in [2.45, 2.75) is 23.8 Å². The lowest BCUT2D eigenvalue weighted by atomic mass is 10.2. The van der Waals surface area contributed by atoms with Crippen molar-refractivity contribution in [3.8, 4) is 11.5 Å². The maximum Gasteiger partial charge on any atom is 0.252 e. The number of likely N-dealkylation sites (tertiary alicyclic amines) is 1. The predicted octanol–water partition coefficient (Wildman–Crippen LogP) is 2.97. The van der Waals surface area contributed by atoms with Gasteiger partial charge >= 0.3 is 0 Å². The molecule has 1 atom stereocenters. The molecule has 0 aromatic heterocycles. The molecule has 152 valence electrons.